The average molecular weight is 294 g/mol. The Morgan fingerprint density at radius 1 is 1.25 bits per heavy atom. The van der Waals surface area contributed by atoms with Crippen LogP contribution in [-0.2, 0) is 10.3 Å². The largest absolute Gasteiger partial charge is 0.449 e. The van der Waals surface area contributed by atoms with Gasteiger partial charge in [-0.3, -0.25) is 0 Å². The van der Waals surface area contributed by atoms with Gasteiger partial charge in [0.2, 0.25) is 11.9 Å². The minimum absolute atomic E-state index is 0.496. The van der Waals surface area contributed by atoms with E-state index in [9.17, 15) is 4.79 Å². The second-order valence-electron chi connectivity index (χ2n) is 5.83. The first kappa shape index (κ1) is 13.5. The van der Waals surface area contributed by atoms with Crippen LogP contribution in [0.5, 0.6) is 11.5 Å². The first-order valence-corrected chi connectivity index (χ1v) is 7.15. The summed E-state index contributed by atoms with van der Waals surface area (Å²) in [6, 6.07) is 3.72. The van der Waals surface area contributed by atoms with E-state index >= 15 is 0 Å². The maximum atomic E-state index is 10.8. The topological polar surface area (TPSA) is 47.9 Å². The smallest absolute Gasteiger partial charge is 0.246 e. The first-order chi connectivity index (χ1) is 9.46. The van der Waals surface area contributed by atoms with Crippen LogP contribution in [0.2, 0.25) is 5.02 Å². The fourth-order valence-corrected chi connectivity index (χ4v) is 3.30. The summed E-state index contributed by atoms with van der Waals surface area (Å²) in [6.45, 7) is 3.66. The molecule has 0 radical (unpaired) electrons. The Labute approximate surface area is 122 Å². The van der Waals surface area contributed by atoms with Gasteiger partial charge in [0.05, 0.1) is 10.6 Å². The molecule has 1 saturated carbocycles. The molecule has 2 aliphatic rings. The fraction of sp³-hybridized carbons (Fsp3) is 0.533. The maximum Gasteiger partial charge on any atom is 0.246 e. The van der Waals surface area contributed by atoms with Crippen molar-refractivity contribution in [2.45, 2.75) is 50.9 Å². The molecule has 3 rings (SSSR count). The summed E-state index contributed by atoms with van der Waals surface area (Å²) in [5.41, 5.74) is 0.402. The second-order valence-corrected chi connectivity index (χ2v) is 6.24. The molecule has 0 bridgehead atoms. The van der Waals surface area contributed by atoms with Crippen LogP contribution < -0.4 is 9.47 Å². The lowest BCUT2D eigenvalue weighted by molar-refractivity contribution is -0.0431. The second kappa shape index (κ2) is 4.51. The van der Waals surface area contributed by atoms with Crippen molar-refractivity contribution in [3.05, 3.63) is 22.7 Å². The normalized spacial score (nSPS) is 21.6. The predicted octanol–water partition coefficient (Wildman–Crippen LogP) is 3.95. The molecular formula is C15H16ClNO3. The molecule has 0 saturated heterocycles. The van der Waals surface area contributed by atoms with Crippen molar-refractivity contribution in [3.8, 4) is 11.5 Å². The Hall–Kier alpha value is -1.51. The molecular weight excluding hydrogens is 278 g/mol. The van der Waals surface area contributed by atoms with Crippen molar-refractivity contribution >= 4 is 17.7 Å². The van der Waals surface area contributed by atoms with Gasteiger partial charge in [0.25, 0.3) is 0 Å². The van der Waals surface area contributed by atoms with E-state index in [4.69, 9.17) is 21.1 Å². The number of aliphatic imine (C=N–C) groups is 1. The Balaban J connectivity index is 2.09. The highest BCUT2D eigenvalue weighted by Crippen LogP contribution is 2.50. The number of fused-ring (bicyclic) bond motifs is 1. The summed E-state index contributed by atoms with van der Waals surface area (Å²) in [7, 11) is 0. The zero-order valence-electron chi connectivity index (χ0n) is 11.5. The third-order valence-electron chi connectivity index (χ3n) is 3.94. The summed E-state index contributed by atoms with van der Waals surface area (Å²) in [5, 5.41) is 0.496. The zero-order chi connectivity index (χ0) is 14.4. The van der Waals surface area contributed by atoms with E-state index in [2.05, 4.69) is 4.99 Å². The van der Waals surface area contributed by atoms with Crippen LogP contribution in [0, 0.1) is 0 Å². The van der Waals surface area contributed by atoms with Crippen LogP contribution in [0.3, 0.4) is 0 Å². The van der Waals surface area contributed by atoms with Gasteiger partial charge in [0.1, 0.15) is 0 Å². The van der Waals surface area contributed by atoms with Crippen molar-refractivity contribution in [2.75, 3.05) is 0 Å². The molecule has 1 heterocycles. The third-order valence-corrected chi connectivity index (χ3v) is 4.22. The van der Waals surface area contributed by atoms with Crippen LogP contribution in [0.1, 0.15) is 45.1 Å². The quantitative estimate of drug-likeness (QED) is 0.613. The summed E-state index contributed by atoms with van der Waals surface area (Å²) in [4.78, 5) is 14.8. The summed E-state index contributed by atoms with van der Waals surface area (Å²) in [5.74, 6) is 0.454. The number of halogens is 1. The van der Waals surface area contributed by atoms with Gasteiger partial charge in [-0.05, 0) is 30.5 Å². The van der Waals surface area contributed by atoms with E-state index in [0.717, 1.165) is 31.2 Å². The number of hydrogen-bond donors (Lipinski definition) is 0. The Bertz CT molecular complexity index is 599. The van der Waals surface area contributed by atoms with Gasteiger partial charge in [-0.25, -0.2) is 4.79 Å². The number of carbonyl (C=O) groups excluding carboxylic acids is 1. The molecule has 0 N–H and O–H groups in total. The van der Waals surface area contributed by atoms with Crippen molar-refractivity contribution in [2.24, 2.45) is 4.99 Å². The maximum absolute atomic E-state index is 10.8. The Morgan fingerprint density at radius 3 is 2.60 bits per heavy atom. The lowest BCUT2D eigenvalue weighted by atomic mass is 9.88. The van der Waals surface area contributed by atoms with Gasteiger partial charge >= 0.3 is 0 Å². The van der Waals surface area contributed by atoms with Gasteiger partial charge < -0.3 is 9.47 Å². The lowest BCUT2D eigenvalue weighted by Gasteiger charge is -2.23. The molecule has 0 atom stereocenters. The molecule has 0 aromatic heterocycles. The van der Waals surface area contributed by atoms with Gasteiger partial charge in [0.15, 0.2) is 11.5 Å². The molecule has 1 aromatic carbocycles. The van der Waals surface area contributed by atoms with E-state index in [-0.39, 0.29) is 0 Å². The molecule has 0 unspecified atom stereocenters. The first-order valence-electron chi connectivity index (χ1n) is 6.77. The van der Waals surface area contributed by atoms with Gasteiger partial charge in [-0.15, -0.1) is 0 Å². The average Bonchev–Trinajstić information content (AvgIpc) is 2.94. The van der Waals surface area contributed by atoms with Crippen LogP contribution in [0.4, 0.5) is 0 Å². The summed E-state index contributed by atoms with van der Waals surface area (Å²) >= 11 is 6.30. The van der Waals surface area contributed by atoms with E-state index in [1.807, 2.05) is 26.0 Å². The lowest BCUT2D eigenvalue weighted by Crippen LogP contribution is -2.29. The van der Waals surface area contributed by atoms with Crippen LogP contribution in [0.15, 0.2) is 17.1 Å². The molecule has 106 valence electrons. The zero-order valence-corrected chi connectivity index (χ0v) is 12.3. The molecule has 1 fully saturated rings. The molecule has 0 spiro atoms. The number of nitrogens with zero attached hydrogens (tertiary/aromatic N) is 1. The predicted molar refractivity (Wildman–Crippen MR) is 75.1 cm³/mol. The van der Waals surface area contributed by atoms with Crippen LogP contribution in [0.25, 0.3) is 0 Å². The number of benzene rings is 1. The monoisotopic (exact) mass is 293 g/mol. The highest BCUT2D eigenvalue weighted by molar-refractivity contribution is 6.32. The third kappa shape index (κ3) is 2.09. The number of isocyanates is 1. The molecule has 1 aromatic rings. The van der Waals surface area contributed by atoms with E-state index in [1.165, 1.54) is 0 Å². The molecule has 1 aliphatic heterocycles. The minimum Gasteiger partial charge on any atom is -0.449 e. The van der Waals surface area contributed by atoms with Gasteiger partial charge in [0, 0.05) is 13.8 Å². The van der Waals surface area contributed by atoms with Crippen molar-refractivity contribution in [1.29, 1.82) is 0 Å². The van der Waals surface area contributed by atoms with Crippen molar-refractivity contribution in [3.63, 3.8) is 0 Å². The summed E-state index contributed by atoms with van der Waals surface area (Å²) in [6.07, 6.45) is 5.47. The summed E-state index contributed by atoms with van der Waals surface area (Å²) < 4.78 is 11.4. The van der Waals surface area contributed by atoms with Crippen LogP contribution >= 0.6 is 11.6 Å². The number of rotatable bonds is 2. The highest BCUT2D eigenvalue weighted by Gasteiger charge is 2.40. The van der Waals surface area contributed by atoms with Gasteiger partial charge in [-0.2, -0.15) is 4.99 Å². The van der Waals surface area contributed by atoms with E-state index < -0.39 is 11.3 Å². The van der Waals surface area contributed by atoms with Crippen LogP contribution in [-0.4, -0.2) is 11.9 Å². The molecule has 5 heteroatoms. The number of hydrogen-bond acceptors (Lipinski definition) is 4. The molecule has 1 aliphatic carbocycles. The van der Waals surface area contributed by atoms with Gasteiger partial charge in [-0.1, -0.05) is 24.4 Å². The SMILES string of the molecule is CC1(C)Oc2cc(C3(N=C=O)CCCC3)cc(Cl)c2O1. The molecule has 4 nitrogen and oxygen atoms in total. The minimum atomic E-state index is -0.721. The molecule has 20 heavy (non-hydrogen) atoms. The van der Waals surface area contributed by atoms with Crippen molar-refractivity contribution < 1.29 is 14.3 Å². The van der Waals surface area contributed by atoms with Crippen molar-refractivity contribution in [1.82, 2.24) is 0 Å². The van der Waals surface area contributed by atoms with E-state index in [0.29, 0.717) is 16.5 Å². The Kier molecular flexibility index (Phi) is 3.03. The fourth-order valence-electron chi connectivity index (χ4n) is 3.06. The van der Waals surface area contributed by atoms with E-state index in [1.54, 1.807) is 6.08 Å². The highest BCUT2D eigenvalue weighted by atomic mass is 35.5. The number of ether oxygens (including phenoxy) is 2. The molecule has 0 amide bonds. The Morgan fingerprint density at radius 2 is 1.95 bits per heavy atom. The standard InChI is InChI=1S/C15H16ClNO3/c1-14(2)19-12-8-10(7-11(16)13(12)20-14)15(17-9-18)5-3-4-6-15/h7-8H,3-6H2,1-2H3.